The summed E-state index contributed by atoms with van der Waals surface area (Å²) in [7, 11) is 0. The molecule has 4 aromatic rings. The first kappa shape index (κ1) is 26.2. The normalized spacial score (nSPS) is 13.0. The molecule has 0 saturated heterocycles. The first-order valence-electron chi connectivity index (χ1n) is 12.3. The van der Waals surface area contributed by atoms with Gasteiger partial charge in [-0.25, -0.2) is 14.8 Å². The first-order valence-corrected chi connectivity index (χ1v) is 12.3. The van der Waals surface area contributed by atoms with E-state index in [0.29, 0.717) is 16.7 Å². The quantitative estimate of drug-likeness (QED) is 0.340. The molecule has 0 radical (unpaired) electrons. The van der Waals surface area contributed by atoms with E-state index >= 15 is 0 Å². The average molecular weight is 503 g/mol. The highest BCUT2D eigenvalue weighted by molar-refractivity contribution is 5.85. The van der Waals surface area contributed by atoms with Gasteiger partial charge in [0.15, 0.2) is 0 Å². The van der Waals surface area contributed by atoms with E-state index in [2.05, 4.69) is 41.0 Å². The second-order valence-corrected chi connectivity index (χ2v) is 11.1. The number of rotatable bonds is 5. The first-order chi connectivity index (χ1) is 17.3. The van der Waals surface area contributed by atoms with Crippen LogP contribution in [0.15, 0.2) is 42.6 Å². The number of pyridine rings is 1. The number of fused-ring (bicyclic) bond motifs is 1. The highest BCUT2D eigenvalue weighted by Crippen LogP contribution is 2.33. The minimum absolute atomic E-state index is 0.0493. The Morgan fingerprint density at radius 1 is 1.05 bits per heavy atom. The zero-order chi connectivity index (χ0) is 27.0. The lowest BCUT2D eigenvalue weighted by molar-refractivity contribution is 0.0490. The van der Waals surface area contributed by atoms with Gasteiger partial charge in [0.05, 0.1) is 46.6 Å². The predicted octanol–water partition coefficient (Wildman–Crippen LogP) is 5.25. The van der Waals surface area contributed by atoms with E-state index in [1.54, 1.807) is 20.8 Å². The van der Waals surface area contributed by atoms with Crippen molar-refractivity contribution in [3.8, 4) is 22.6 Å². The standard InChI is InChI=1S/C28H34N6O3/c1-16-9-8-10-19(31-16)24-23(33-25(34-24)27(2,3)4)17-11-12-18-20(13-17)32-21(14-29-18)22(35)15-30-26(36)37-28(5,6)7/h8-14,22,35H,15H2,1-7H3,(H,30,36)(H,33,34). The van der Waals surface area contributed by atoms with Crippen LogP contribution in [0.5, 0.6) is 0 Å². The van der Waals surface area contributed by atoms with Crippen LogP contribution in [0, 0.1) is 6.92 Å². The number of nitrogens with zero attached hydrogens (tertiary/aromatic N) is 4. The summed E-state index contributed by atoms with van der Waals surface area (Å²) in [5.74, 6) is 0.851. The number of aliphatic hydroxyl groups excluding tert-OH is 1. The minimum Gasteiger partial charge on any atom is -0.444 e. The Hall–Kier alpha value is -3.85. The summed E-state index contributed by atoms with van der Waals surface area (Å²) in [5.41, 5.74) is 5.00. The van der Waals surface area contributed by atoms with Crippen LogP contribution in [0.25, 0.3) is 33.7 Å². The van der Waals surface area contributed by atoms with Crippen LogP contribution >= 0.6 is 0 Å². The smallest absolute Gasteiger partial charge is 0.407 e. The van der Waals surface area contributed by atoms with Gasteiger partial charge in [-0.2, -0.15) is 0 Å². The Bertz CT molecular complexity index is 1430. The summed E-state index contributed by atoms with van der Waals surface area (Å²) in [6.07, 6.45) is -0.135. The number of ether oxygens (including phenoxy) is 1. The number of hydrogen-bond donors (Lipinski definition) is 3. The molecule has 9 heteroatoms. The Kier molecular flexibility index (Phi) is 7.01. The molecule has 1 atom stereocenters. The van der Waals surface area contributed by atoms with E-state index in [1.165, 1.54) is 6.20 Å². The van der Waals surface area contributed by atoms with Crippen molar-refractivity contribution in [3.63, 3.8) is 0 Å². The molecule has 3 N–H and O–H groups in total. The van der Waals surface area contributed by atoms with Crippen molar-refractivity contribution in [1.82, 2.24) is 30.2 Å². The summed E-state index contributed by atoms with van der Waals surface area (Å²) in [6, 6.07) is 11.6. The number of amides is 1. The summed E-state index contributed by atoms with van der Waals surface area (Å²) < 4.78 is 5.23. The number of carbonyl (C=O) groups is 1. The van der Waals surface area contributed by atoms with Crippen molar-refractivity contribution in [2.75, 3.05) is 6.54 Å². The molecule has 0 aliphatic rings. The molecule has 194 valence electrons. The number of benzene rings is 1. The number of alkyl carbamates (subject to hydrolysis) is 1. The molecule has 3 heterocycles. The lowest BCUT2D eigenvalue weighted by Crippen LogP contribution is -2.35. The minimum atomic E-state index is -1.04. The van der Waals surface area contributed by atoms with E-state index in [0.717, 1.165) is 34.2 Å². The Labute approximate surface area is 216 Å². The number of aliphatic hydroxyl groups is 1. The number of nitrogens with one attached hydrogen (secondary N) is 2. The highest BCUT2D eigenvalue weighted by atomic mass is 16.6. The van der Waals surface area contributed by atoms with Gasteiger partial charge in [0, 0.05) is 16.7 Å². The zero-order valence-electron chi connectivity index (χ0n) is 22.4. The SMILES string of the molecule is Cc1cccc(-c2[nH]c(C(C)(C)C)nc2-c2ccc3ncc(C(O)CNC(=O)OC(C)(C)C)nc3c2)n1. The maximum Gasteiger partial charge on any atom is 0.407 e. The monoisotopic (exact) mass is 502 g/mol. The predicted molar refractivity (Wildman–Crippen MR) is 143 cm³/mol. The van der Waals surface area contributed by atoms with Crippen LogP contribution in [-0.4, -0.2) is 48.3 Å². The van der Waals surface area contributed by atoms with Crippen molar-refractivity contribution >= 4 is 17.1 Å². The molecule has 0 bridgehead atoms. The summed E-state index contributed by atoms with van der Waals surface area (Å²) >= 11 is 0. The molecule has 4 rings (SSSR count). The fraction of sp³-hybridized carbons (Fsp3) is 0.393. The lowest BCUT2D eigenvalue weighted by atomic mass is 9.96. The molecule has 0 saturated carbocycles. The van der Waals surface area contributed by atoms with Gasteiger partial charge in [0.2, 0.25) is 0 Å². The molecule has 1 amide bonds. The Morgan fingerprint density at radius 2 is 1.81 bits per heavy atom. The molecule has 1 unspecified atom stereocenters. The maximum absolute atomic E-state index is 12.0. The number of H-pyrrole nitrogens is 1. The average Bonchev–Trinajstić information content (AvgIpc) is 3.27. The summed E-state index contributed by atoms with van der Waals surface area (Å²) in [6.45, 7) is 13.6. The largest absolute Gasteiger partial charge is 0.444 e. The molecule has 0 fully saturated rings. The van der Waals surface area contributed by atoms with Gasteiger partial charge in [0.1, 0.15) is 17.5 Å². The van der Waals surface area contributed by atoms with Crippen molar-refractivity contribution in [2.45, 2.75) is 65.6 Å². The van der Waals surface area contributed by atoms with Crippen LogP contribution < -0.4 is 5.32 Å². The second kappa shape index (κ2) is 9.89. The molecule has 0 spiro atoms. The van der Waals surface area contributed by atoms with Gasteiger partial charge >= 0.3 is 6.09 Å². The molecule has 0 aliphatic carbocycles. The molecular formula is C28H34N6O3. The topological polar surface area (TPSA) is 126 Å². The third-order valence-corrected chi connectivity index (χ3v) is 5.57. The van der Waals surface area contributed by atoms with Gasteiger partial charge in [0.25, 0.3) is 0 Å². The number of aryl methyl sites for hydroxylation is 1. The van der Waals surface area contributed by atoms with Crippen LogP contribution in [0.1, 0.15) is 64.9 Å². The molecule has 9 nitrogen and oxygen atoms in total. The maximum atomic E-state index is 12.0. The number of carbonyl (C=O) groups excluding carboxylic acids is 1. The number of imidazole rings is 1. The van der Waals surface area contributed by atoms with Crippen LogP contribution in [0.3, 0.4) is 0 Å². The molecule has 3 aromatic heterocycles. The van der Waals surface area contributed by atoms with Gasteiger partial charge < -0.3 is 20.1 Å². The van der Waals surface area contributed by atoms with E-state index in [1.807, 2.05) is 43.3 Å². The van der Waals surface area contributed by atoms with Gasteiger partial charge in [-0.1, -0.05) is 32.9 Å². The molecule has 37 heavy (non-hydrogen) atoms. The van der Waals surface area contributed by atoms with Gasteiger partial charge in [-0.05, 0) is 52.0 Å². The fourth-order valence-corrected chi connectivity index (χ4v) is 3.74. The second-order valence-electron chi connectivity index (χ2n) is 11.1. The molecular weight excluding hydrogens is 468 g/mol. The van der Waals surface area contributed by atoms with Crippen molar-refractivity contribution < 1.29 is 14.6 Å². The number of hydrogen-bond acceptors (Lipinski definition) is 7. The van der Waals surface area contributed by atoms with Gasteiger partial charge in [-0.3, -0.25) is 9.97 Å². The highest BCUT2D eigenvalue weighted by Gasteiger charge is 2.24. The van der Waals surface area contributed by atoms with Crippen LogP contribution in [-0.2, 0) is 10.2 Å². The lowest BCUT2D eigenvalue weighted by Gasteiger charge is -2.20. The zero-order valence-corrected chi connectivity index (χ0v) is 22.4. The Morgan fingerprint density at radius 3 is 2.49 bits per heavy atom. The third-order valence-electron chi connectivity index (χ3n) is 5.57. The van der Waals surface area contributed by atoms with Crippen molar-refractivity contribution in [3.05, 3.63) is 59.8 Å². The van der Waals surface area contributed by atoms with E-state index in [4.69, 9.17) is 14.7 Å². The van der Waals surface area contributed by atoms with E-state index in [9.17, 15) is 9.90 Å². The number of aromatic amines is 1. The summed E-state index contributed by atoms with van der Waals surface area (Å²) in [4.78, 5) is 34.2. The number of aromatic nitrogens is 5. The summed E-state index contributed by atoms with van der Waals surface area (Å²) in [5, 5.41) is 13.2. The van der Waals surface area contributed by atoms with Crippen LogP contribution in [0.4, 0.5) is 4.79 Å². The van der Waals surface area contributed by atoms with E-state index in [-0.39, 0.29) is 12.0 Å². The van der Waals surface area contributed by atoms with E-state index < -0.39 is 17.8 Å². The molecule has 1 aromatic carbocycles. The Balaban J connectivity index is 1.68. The third kappa shape index (κ3) is 6.29. The van der Waals surface area contributed by atoms with Crippen LogP contribution in [0.2, 0.25) is 0 Å². The fourth-order valence-electron chi connectivity index (χ4n) is 3.74. The van der Waals surface area contributed by atoms with Crippen molar-refractivity contribution in [1.29, 1.82) is 0 Å². The van der Waals surface area contributed by atoms with Gasteiger partial charge in [-0.15, -0.1) is 0 Å². The molecule has 0 aliphatic heterocycles. The van der Waals surface area contributed by atoms with Crippen molar-refractivity contribution in [2.24, 2.45) is 0 Å².